The summed E-state index contributed by atoms with van der Waals surface area (Å²) in [6, 6.07) is 7.81. The fourth-order valence-corrected chi connectivity index (χ4v) is 4.00. The van der Waals surface area contributed by atoms with E-state index < -0.39 is 5.97 Å². The summed E-state index contributed by atoms with van der Waals surface area (Å²) in [7, 11) is 0. The van der Waals surface area contributed by atoms with E-state index in [9.17, 15) is 9.59 Å². The van der Waals surface area contributed by atoms with E-state index in [-0.39, 0.29) is 12.3 Å². The van der Waals surface area contributed by atoms with E-state index in [0.717, 1.165) is 33.3 Å². The molecule has 0 bridgehead atoms. The van der Waals surface area contributed by atoms with Crippen LogP contribution in [0, 0.1) is 6.92 Å². The predicted molar refractivity (Wildman–Crippen MR) is 105 cm³/mol. The second-order valence-electron chi connectivity index (χ2n) is 6.07. The number of anilines is 1. The zero-order chi connectivity index (χ0) is 18.7. The molecule has 1 aromatic carbocycles. The minimum Gasteiger partial charge on any atom is -0.462 e. The van der Waals surface area contributed by atoms with Crippen molar-refractivity contribution in [2.24, 2.45) is 0 Å². The number of esters is 1. The SMILES string of the molecule is CCOC(=O)c1cc(CC)sc1NC(=O)Cc1c[nH]c2cccc(C)c12. The zero-order valence-electron chi connectivity index (χ0n) is 15.1. The number of amides is 1. The van der Waals surface area contributed by atoms with Gasteiger partial charge in [-0.25, -0.2) is 4.79 Å². The largest absolute Gasteiger partial charge is 0.462 e. The number of rotatable bonds is 6. The average molecular weight is 370 g/mol. The molecule has 0 radical (unpaired) electrons. The lowest BCUT2D eigenvalue weighted by molar-refractivity contribution is -0.115. The molecule has 0 aliphatic heterocycles. The highest BCUT2D eigenvalue weighted by Gasteiger charge is 2.19. The molecular weight excluding hydrogens is 348 g/mol. The molecule has 136 valence electrons. The molecule has 0 aliphatic carbocycles. The predicted octanol–water partition coefficient (Wildman–Crippen LogP) is 4.46. The van der Waals surface area contributed by atoms with Gasteiger partial charge >= 0.3 is 5.97 Å². The third-order valence-electron chi connectivity index (χ3n) is 4.23. The van der Waals surface area contributed by atoms with Crippen LogP contribution in [0.1, 0.15) is 40.2 Å². The van der Waals surface area contributed by atoms with E-state index in [1.165, 1.54) is 11.3 Å². The van der Waals surface area contributed by atoms with Crippen molar-refractivity contribution in [2.45, 2.75) is 33.6 Å². The van der Waals surface area contributed by atoms with Gasteiger partial charge in [-0.05, 0) is 43.5 Å². The number of fused-ring (bicyclic) bond motifs is 1. The number of aromatic amines is 1. The summed E-state index contributed by atoms with van der Waals surface area (Å²) in [6.45, 7) is 6.12. The fraction of sp³-hybridized carbons (Fsp3) is 0.300. The van der Waals surface area contributed by atoms with E-state index in [4.69, 9.17) is 4.74 Å². The quantitative estimate of drug-likeness (QED) is 0.629. The third kappa shape index (κ3) is 3.65. The van der Waals surface area contributed by atoms with Crippen molar-refractivity contribution in [1.29, 1.82) is 0 Å². The summed E-state index contributed by atoms with van der Waals surface area (Å²) in [5.74, 6) is -0.550. The molecule has 3 rings (SSSR count). The number of aryl methyl sites for hydroxylation is 2. The summed E-state index contributed by atoms with van der Waals surface area (Å²) in [6.07, 6.45) is 2.91. The van der Waals surface area contributed by atoms with Crippen LogP contribution in [0.5, 0.6) is 0 Å². The first kappa shape index (κ1) is 18.2. The molecule has 0 aliphatic rings. The number of aromatic nitrogens is 1. The Balaban J connectivity index is 1.81. The second kappa shape index (κ2) is 7.74. The van der Waals surface area contributed by atoms with E-state index in [0.29, 0.717) is 17.2 Å². The van der Waals surface area contributed by atoms with Gasteiger partial charge in [-0.1, -0.05) is 19.1 Å². The van der Waals surface area contributed by atoms with Crippen molar-refractivity contribution in [1.82, 2.24) is 4.98 Å². The van der Waals surface area contributed by atoms with Crippen LogP contribution in [0.2, 0.25) is 0 Å². The Morgan fingerprint density at radius 1 is 1.27 bits per heavy atom. The van der Waals surface area contributed by atoms with E-state index >= 15 is 0 Å². The number of H-pyrrole nitrogens is 1. The van der Waals surface area contributed by atoms with Gasteiger partial charge < -0.3 is 15.0 Å². The number of ether oxygens (including phenoxy) is 1. The van der Waals surface area contributed by atoms with Crippen molar-refractivity contribution in [2.75, 3.05) is 11.9 Å². The molecular formula is C20H22N2O3S. The first-order chi connectivity index (χ1) is 12.5. The third-order valence-corrected chi connectivity index (χ3v) is 5.42. The molecule has 0 saturated heterocycles. The minimum atomic E-state index is -0.401. The molecule has 3 aromatic rings. The monoisotopic (exact) mass is 370 g/mol. The van der Waals surface area contributed by atoms with Crippen LogP contribution in [-0.2, 0) is 22.4 Å². The Labute approximate surface area is 156 Å². The van der Waals surface area contributed by atoms with Crippen LogP contribution < -0.4 is 5.32 Å². The van der Waals surface area contributed by atoms with E-state index in [2.05, 4.69) is 10.3 Å². The minimum absolute atomic E-state index is 0.149. The zero-order valence-corrected chi connectivity index (χ0v) is 16.0. The highest BCUT2D eigenvalue weighted by atomic mass is 32.1. The molecule has 0 fully saturated rings. The van der Waals surface area contributed by atoms with Gasteiger partial charge in [-0.3, -0.25) is 4.79 Å². The van der Waals surface area contributed by atoms with E-state index in [1.54, 1.807) is 13.0 Å². The summed E-state index contributed by atoms with van der Waals surface area (Å²) in [4.78, 5) is 29.0. The molecule has 0 atom stereocenters. The highest BCUT2D eigenvalue weighted by molar-refractivity contribution is 7.16. The normalized spacial score (nSPS) is 10.9. The highest BCUT2D eigenvalue weighted by Crippen LogP contribution is 2.30. The molecule has 0 spiro atoms. The van der Waals surface area contributed by atoms with Crippen LogP contribution >= 0.6 is 11.3 Å². The Bertz CT molecular complexity index is 955. The summed E-state index contributed by atoms with van der Waals surface area (Å²) >= 11 is 1.42. The first-order valence-corrected chi connectivity index (χ1v) is 9.50. The molecule has 5 nitrogen and oxygen atoms in total. The van der Waals surface area contributed by atoms with Crippen LogP contribution in [-0.4, -0.2) is 23.5 Å². The summed E-state index contributed by atoms with van der Waals surface area (Å²) in [5.41, 5.74) is 3.52. The van der Waals surface area contributed by atoms with Crippen molar-refractivity contribution < 1.29 is 14.3 Å². The van der Waals surface area contributed by atoms with Gasteiger partial charge in [0.1, 0.15) is 5.00 Å². The summed E-state index contributed by atoms with van der Waals surface area (Å²) < 4.78 is 5.10. The standard InChI is InChI=1S/C20H22N2O3S/c1-4-14-10-15(20(24)25-5-2)19(26-14)22-17(23)9-13-11-21-16-8-6-7-12(3)18(13)16/h6-8,10-11,21H,4-5,9H2,1-3H3,(H,22,23). The number of hydrogen-bond donors (Lipinski definition) is 2. The molecule has 26 heavy (non-hydrogen) atoms. The fourth-order valence-electron chi connectivity index (χ4n) is 3.00. The van der Waals surface area contributed by atoms with Crippen molar-refractivity contribution in [3.05, 3.63) is 52.0 Å². The molecule has 0 saturated carbocycles. The van der Waals surface area contributed by atoms with Crippen LogP contribution in [0.15, 0.2) is 30.5 Å². The Morgan fingerprint density at radius 2 is 2.08 bits per heavy atom. The number of carbonyl (C=O) groups excluding carboxylic acids is 2. The number of thiophene rings is 1. The maximum Gasteiger partial charge on any atom is 0.341 e. The lowest BCUT2D eigenvalue weighted by Crippen LogP contribution is -2.16. The van der Waals surface area contributed by atoms with Gasteiger partial charge in [0.05, 0.1) is 18.6 Å². The molecule has 6 heteroatoms. The maximum absolute atomic E-state index is 12.6. The number of nitrogens with one attached hydrogen (secondary N) is 2. The van der Waals surface area contributed by atoms with Gasteiger partial charge in [0.2, 0.25) is 5.91 Å². The topological polar surface area (TPSA) is 71.2 Å². The maximum atomic E-state index is 12.6. The second-order valence-corrected chi connectivity index (χ2v) is 7.20. The van der Waals surface area contributed by atoms with Crippen LogP contribution in [0.25, 0.3) is 10.9 Å². The average Bonchev–Trinajstić information content (AvgIpc) is 3.20. The van der Waals surface area contributed by atoms with Gasteiger partial charge in [0.15, 0.2) is 0 Å². The van der Waals surface area contributed by atoms with Gasteiger partial charge in [0.25, 0.3) is 0 Å². The van der Waals surface area contributed by atoms with Crippen LogP contribution in [0.3, 0.4) is 0 Å². The number of carbonyl (C=O) groups is 2. The Kier molecular flexibility index (Phi) is 5.42. The van der Waals surface area contributed by atoms with Gasteiger partial charge in [-0.15, -0.1) is 11.3 Å². The van der Waals surface area contributed by atoms with Crippen molar-refractivity contribution in [3.8, 4) is 0 Å². The summed E-state index contributed by atoms with van der Waals surface area (Å²) in [5, 5.41) is 4.53. The van der Waals surface area contributed by atoms with Crippen LogP contribution in [0.4, 0.5) is 5.00 Å². The molecule has 2 N–H and O–H groups in total. The lowest BCUT2D eigenvalue weighted by atomic mass is 10.1. The lowest BCUT2D eigenvalue weighted by Gasteiger charge is -2.06. The van der Waals surface area contributed by atoms with Gasteiger partial charge in [-0.2, -0.15) is 0 Å². The van der Waals surface area contributed by atoms with Gasteiger partial charge in [0, 0.05) is 22.0 Å². The Morgan fingerprint density at radius 3 is 2.81 bits per heavy atom. The van der Waals surface area contributed by atoms with Crippen molar-refractivity contribution >= 4 is 39.1 Å². The number of hydrogen-bond acceptors (Lipinski definition) is 4. The van der Waals surface area contributed by atoms with Crippen molar-refractivity contribution in [3.63, 3.8) is 0 Å². The molecule has 1 amide bonds. The number of benzene rings is 1. The first-order valence-electron chi connectivity index (χ1n) is 8.68. The molecule has 2 aromatic heterocycles. The smallest absolute Gasteiger partial charge is 0.341 e. The Hall–Kier alpha value is -2.60. The van der Waals surface area contributed by atoms with E-state index in [1.807, 2.05) is 38.2 Å². The molecule has 0 unspecified atom stereocenters. The molecule has 2 heterocycles.